The zero-order chi connectivity index (χ0) is 14.2. The van der Waals surface area contributed by atoms with Gasteiger partial charge in [-0.3, -0.25) is 13.9 Å². The Morgan fingerprint density at radius 2 is 1.89 bits per heavy atom. The molecule has 0 aliphatic rings. The smallest absolute Gasteiger partial charge is 0.326 e. The molecule has 102 valence electrons. The third kappa shape index (κ3) is 2.28. The van der Waals surface area contributed by atoms with Crippen molar-refractivity contribution < 1.29 is 4.79 Å². The second-order valence-corrected chi connectivity index (χ2v) is 4.90. The average Bonchev–Trinajstić information content (AvgIpc) is 2.63. The molecule has 5 heteroatoms. The minimum Gasteiger partial charge on any atom is -0.326 e. The number of hydrogen-bond acceptors (Lipinski definition) is 2. The molecule has 5 nitrogen and oxygen atoms in total. The van der Waals surface area contributed by atoms with Crippen molar-refractivity contribution in [2.45, 2.75) is 20.3 Å². The van der Waals surface area contributed by atoms with Crippen LogP contribution >= 0.6 is 0 Å². The van der Waals surface area contributed by atoms with Gasteiger partial charge in [-0.25, -0.2) is 4.79 Å². The Morgan fingerprint density at radius 1 is 1.26 bits per heavy atom. The number of carbonyl (C=O) groups excluding carboxylic acids is 1. The van der Waals surface area contributed by atoms with Crippen LogP contribution < -0.4 is 11.0 Å². The molecule has 1 N–H and O–H groups in total. The first-order valence-corrected chi connectivity index (χ1v) is 6.42. The number of fused-ring (bicyclic) bond motifs is 1. The van der Waals surface area contributed by atoms with Gasteiger partial charge in [-0.1, -0.05) is 13.8 Å². The van der Waals surface area contributed by atoms with Gasteiger partial charge in [0.1, 0.15) is 0 Å². The maximum atomic E-state index is 11.9. The van der Waals surface area contributed by atoms with Crippen molar-refractivity contribution >= 4 is 22.6 Å². The van der Waals surface area contributed by atoms with E-state index >= 15 is 0 Å². The molecule has 0 saturated heterocycles. The number of rotatable bonds is 3. The van der Waals surface area contributed by atoms with Crippen LogP contribution in [0.1, 0.15) is 20.3 Å². The summed E-state index contributed by atoms with van der Waals surface area (Å²) in [6.45, 7) is 3.88. The van der Waals surface area contributed by atoms with Gasteiger partial charge in [0, 0.05) is 25.7 Å². The molecule has 1 aromatic carbocycles. The summed E-state index contributed by atoms with van der Waals surface area (Å²) >= 11 is 0. The molecule has 0 fully saturated rings. The summed E-state index contributed by atoms with van der Waals surface area (Å²) in [6, 6.07) is 5.50. The highest BCUT2D eigenvalue weighted by atomic mass is 16.2. The molecule has 1 atom stereocenters. The molecule has 1 heterocycles. The van der Waals surface area contributed by atoms with Crippen LogP contribution in [-0.4, -0.2) is 15.0 Å². The minimum atomic E-state index is -0.0691. The summed E-state index contributed by atoms with van der Waals surface area (Å²) in [5, 5.41) is 2.88. The topological polar surface area (TPSA) is 56.0 Å². The van der Waals surface area contributed by atoms with E-state index in [0.717, 1.165) is 23.1 Å². The second-order valence-electron chi connectivity index (χ2n) is 4.90. The zero-order valence-corrected chi connectivity index (χ0v) is 11.7. The molecular weight excluding hydrogens is 242 g/mol. The lowest BCUT2D eigenvalue weighted by Gasteiger charge is -2.10. The van der Waals surface area contributed by atoms with Crippen molar-refractivity contribution in [3.63, 3.8) is 0 Å². The van der Waals surface area contributed by atoms with Crippen molar-refractivity contribution in [3.05, 3.63) is 28.7 Å². The summed E-state index contributed by atoms with van der Waals surface area (Å²) in [6.07, 6.45) is 0.803. The largest absolute Gasteiger partial charge is 0.328 e. The summed E-state index contributed by atoms with van der Waals surface area (Å²) < 4.78 is 3.17. The summed E-state index contributed by atoms with van der Waals surface area (Å²) in [5.74, 6) is -0.0157. The molecule has 19 heavy (non-hydrogen) atoms. The van der Waals surface area contributed by atoms with Gasteiger partial charge in [-0.05, 0) is 24.6 Å². The van der Waals surface area contributed by atoms with Gasteiger partial charge in [0.25, 0.3) is 0 Å². The zero-order valence-electron chi connectivity index (χ0n) is 11.7. The van der Waals surface area contributed by atoms with Crippen LogP contribution in [0.3, 0.4) is 0 Å². The first-order valence-electron chi connectivity index (χ1n) is 6.42. The van der Waals surface area contributed by atoms with Gasteiger partial charge in [-0.2, -0.15) is 0 Å². The van der Waals surface area contributed by atoms with Gasteiger partial charge in [-0.15, -0.1) is 0 Å². The molecule has 0 radical (unpaired) electrons. The third-order valence-electron chi connectivity index (χ3n) is 3.60. The van der Waals surface area contributed by atoms with E-state index in [9.17, 15) is 9.59 Å². The van der Waals surface area contributed by atoms with Crippen LogP contribution in [-0.2, 0) is 18.9 Å². The minimum absolute atomic E-state index is 0.00258. The predicted octanol–water partition coefficient (Wildman–Crippen LogP) is 1.86. The van der Waals surface area contributed by atoms with E-state index in [4.69, 9.17) is 0 Å². The van der Waals surface area contributed by atoms with E-state index in [1.165, 1.54) is 0 Å². The van der Waals surface area contributed by atoms with E-state index in [2.05, 4.69) is 5.32 Å². The van der Waals surface area contributed by atoms with E-state index < -0.39 is 0 Å². The Labute approximate surface area is 111 Å². The van der Waals surface area contributed by atoms with E-state index in [-0.39, 0.29) is 17.5 Å². The molecule has 0 aliphatic carbocycles. The molecule has 0 unspecified atom stereocenters. The van der Waals surface area contributed by atoms with Crippen molar-refractivity contribution in [3.8, 4) is 0 Å². The van der Waals surface area contributed by atoms with Crippen LogP contribution in [0.2, 0.25) is 0 Å². The van der Waals surface area contributed by atoms with Crippen LogP contribution in [0.4, 0.5) is 5.69 Å². The number of nitrogens with zero attached hydrogens (tertiary/aromatic N) is 2. The number of carbonyl (C=O) groups is 1. The van der Waals surface area contributed by atoms with Crippen LogP contribution in [0.25, 0.3) is 11.0 Å². The fourth-order valence-electron chi connectivity index (χ4n) is 2.04. The Hall–Kier alpha value is -2.04. The van der Waals surface area contributed by atoms with Gasteiger partial charge in [0.05, 0.1) is 11.0 Å². The molecule has 0 bridgehead atoms. The predicted molar refractivity (Wildman–Crippen MR) is 76.2 cm³/mol. The van der Waals surface area contributed by atoms with Crippen LogP contribution in [0.5, 0.6) is 0 Å². The number of anilines is 1. The van der Waals surface area contributed by atoms with Crippen molar-refractivity contribution in [1.82, 2.24) is 9.13 Å². The normalized spacial score (nSPS) is 12.6. The summed E-state index contributed by atoms with van der Waals surface area (Å²) in [4.78, 5) is 23.7. The molecule has 1 amide bonds. The SMILES string of the molecule is CC[C@@H](C)C(=O)Nc1ccc2c(c1)n(C)c(=O)n2C. The van der Waals surface area contributed by atoms with Gasteiger partial charge < -0.3 is 5.32 Å². The number of amides is 1. The van der Waals surface area contributed by atoms with Crippen LogP contribution in [0.15, 0.2) is 23.0 Å². The van der Waals surface area contributed by atoms with Gasteiger partial charge >= 0.3 is 5.69 Å². The standard InChI is InChI=1S/C14H19N3O2/c1-5-9(2)13(18)15-10-6-7-11-12(8-10)17(4)14(19)16(11)3/h6-9H,5H2,1-4H3,(H,15,18)/t9-/m1/s1. The molecule has 0 saturated carbocycles. The fourth-order valence-corrected chi connectivity index (χ4v) is 2.04. The number of nitrogens with one attached hydrogen (secondary N) is 1. The molecule has 0 spiro atoms. The summed E-state index contributed by atoms with van der Waals surface area (Å²) in [5.41, 5.74) is 2.32. The van der Waals surface area contributed by atoms with E-state index in [1.54, 1.807) is 23.2 Å². The first kappa shape index (κ1) is 13.4. The number of benzene rings is 1. The van der Waals surface area contributed by atoms with Crippen molar-refractivity contribution in [1.29, 1.82) is 0 Å². The maximum Gasteiger partial charge on any atom is 0.328 e. The van der Waals surface area contributed by atoms with E-state index in [0.29, 0.717) is 0 Å². The lowest BCUT2D eigenvalue weighted by atomic mass is 10.1. The third-order valence-corrected chi connectivity index (χ3v) is 3.60. The average molecular weight is 261 g/mol. The first-order chi connectivity index (χ1) is 8.95. The number of aryl methyl sites for hydroxylation is 2. The van der Waals surface area contributed by atoms with Gasteiger partial charge in [0.15, 0.2) is 0 Å². The highest BCUT2D eigenvalue weighted by Gasteiger charge is 2.12. The number of aromatic nitrogens is 2. The molecule has 2 aromatic rings. The van der Waals surface area contributed by atoms with Crippen molar-refractivity contribution in [2.75, 3.05) is 5.32 Å². The molecule has 1 aromatic heterocycles. The fraction of sp³-hybridized carbons (Fsp3) is 0.429. The summed E-state index contributed by atoms with van der Waals surface area (Å²) in [7, 11) is 3.47. The van der Waals surface area contributed by atoms with Gasteiger partial charge in [0.2, 0.25) is 5.91 Å². The molecule has 0 aliphatic heterocycles. The number of hydrogen-bond donors (Lipinski definition) is 1. The highest BCUT2D eigenvalue weighted by Crippen LogP contribution is 2.18. The lowest BCUT2D eigenvalue weighted by Crippen LogP contribution is -2.19. The maximum absolute atomic E-state index is 11.9. The Morgan fingerprint density at radius 3 is 2.53 bits per heavy atom. The highest BCUT2D eigenvalue weighted by molar-refractivity contribution is 5.94. The van der Waals surface area contributed by atoms with Crippen molar-refractivity contribution in [2.24, 2.45) is 20.0 Å². The monoisotopic (exact) mass is 261 g/mol. The number of imidazole rings is 1. The Balaban J connectivity index is 2.40. The Bertz CT molecular complexity index is 682. The Kier molecular flexibility index (Phi) is 3.46. The molecule has 2 rings (SSSR count). The van der Waals surface area contributed by atoms with E-state index in [1.807, 2.05) is 32.0 Å². The second kappa shape index (κ2) is 4.91. The quantitative estimate of drug-likeness (QED) is 0.917. The lowest BCUT2D eigenvalue weighted by molar-refractivity contribution is -0.119. The molecular formula is C14H19N3O2. The van der Waals surface area contributed by atoms with Crippen LogP contribution in [0, 0.1) is 5.92 Å².